The zero-order valence-corrected chi connectivity index (χ0v) is 17.5. The highest BCUT2D eigenvalue weighted by molar-refractivity contribution is 7.20. The molecule has 2 heterocycles. The van der Waals surface area contributed by atoms with Crippen molar-refractivity contribution >= 4 is 27.5 Å². The topological polar surface area (TPSA) is 73.2 Å². The van der Waals surface area contributed by atoms with Gasteiger partial charge in [0.05, 0.1) is 30.2 Å². The van der Waals surface area contributed by atoms with Gasteiger partial charge in [-0.15, -0.1) is 11.3 Å². The lowest BCUT2D eigenvalue weighted by molar-refractivity contribution is 0.0954. The highest BCUT2D eigenvalue weighted by Gasteiger charge is 2.19. The second-order valence-corrected chi connectivity index (χ2v) is 7.93. The average Bonchev–Trinajstić information content (AvgIpc) is 3.12. The number of nitrogens with zero attached hydrogens (tertiary/aromatic N) is 2. The van der Waals surface area contributed by atoms with E-state index in [2.05, 4.69) is 10.3 Å². The van der Waals surface area contributed by atoms with Crippen molar-refractivity contribution in [3.05, 3.63) is 92.8 Å². The van der Waals surface area contributed by atoms with Crippen molar-refractivity contribution in [1.29, 1.82) is 0 Å². The summed E-state index contributed by atoms with van der Waals surface area (Å²) in [6.45, 7) is 2.64. The number of methoxy groups -OCH3 is 1. The standard InChI is InChI=1S/C23H21N3O3S/c1-15-19-22(25-14-26(23(19)28)13-17-6-4-3-5-7-17)30-20(15)21(27)24-12-16-8-10-18(29-2)11-9-16/h3-11,14H,12-13H2,1-2H3,(H,24,27). The summed E-state index contributed by atoms with van der Waals surface area (Å²) in [7, 11) is 1.61. The third-order valence-corrected chi connectivity index (χ3v) is 6.13. The molecule has 1 N–H and O–H groups in total. The van der Waals surface area contributed by atoms with E-state index in [0.29, 0.717) is 33.7 Å². The summed E-state index contributed by atoms with van der Waals surface area (Å²) in [5, 5.41) is 3.43. The first kappa shape index (κ1) is 19.8. The van der Waals surface area contributed by atoms with E-state index in [1.165, 1.54) is 11.3 Å². The highest BCUT2D eigenvalue weighted by Crippen LogP contribution is 2.27. The maximum atomic E-state index is 13.0. The van der Waals surface area contributed by atoms with Gasteiger partial charge in [-0.3, -0.25) is 14.2 Å². The van der Waals surface area contributed by atoms with E-state index in [0.717, 1.165) is 16.9 Å². The maximum Gasteiger partial charge on any atom is 0.262 e. The number of benzene rings is 2. The number of nitrogens with one attached hydrogen (secondary N) is 1. The van der Waals surface area contributed by atoms with Gasteiger partial charge in [0.2, 0.25) is 0 Å². The molecule has 1 amide bonds. The minimum absolute atomic E-state index is 0.133. The minimum Gasteiger partial charge on any atom is -0.497 e. The lowest BCUT2D eigenvalue weighted by Crippen LogP contribution is -2.23. The zero-order chi connectivity index (χ0) is 21.1. The van der Waals surface area contributed by atoms with E-state index >= 15 is 0 Å². The third kappa shape index (κ3) is 3.97. The Morgan fingerprint density at radius 2 is 1.83 bits per heavy atom. The molecule has 30 heavy (non-hydrogen) atoms. The predicted octanol–water partition coefficient (Wildman–Crippen LogP) is 3.75. The SMILES string of the molecule is COc1ccc(CNC(=O)c2sc3ncn(Cc4ccccc4)c(=O)c3c2C)cc1. The zero-order valence-electron chi connectivity index (χ0n) is 16.7. The van der Waals surface area contributed by atoms with Crippen LogP contribution in [0.3, 0.4) is 0 Å². The van der Waals surface area contributed by atoms with Crippen LogP contribution in [-0.2, 0) is 13.1 Å². The summed E-state index contributed by atoms with van der Waals surface area (Å²) >= 11 is 1.25. The molecular formula is C23H21N3O3S. The van der Waals surface area contributed by atoms with Gasteiger partial charge in [0.1, 0.15) is 10.6 Å². The molecule has 152 valence electrons. The van der Waals surface area contributed by atoms with E-state index < -0.39 is 0 Å². The van der Waals surface area contributed by atoms with Gasteiger partial charge in [0.25, 0.3) is 11.5 Å². The third-order valence-electron chi connectivity index (χ3n) is 4.93. The van der Waals surface area contributed by atoms with Crippen LogP contribution in [0.2, 0.25) is 0 Å². The van der Waals surface area contributed by atoms with Crippen molar-refractivity contribution in [2.24, 2.45) is 0 Å². The van der Waals surface area contributed by atoms with Gasteiger partial charge in [0, 0.05) is 6.54 Å². The normalized spacial score (nSPS) is 10.9. The molecule has 0 saturated heterocycles. The van der Waals surface area contributed by atoms with Crippen molar-refractivity contribution in [2.75, 3.05) is 7.11 Å². The fraction of sp³-hybridized carbons (Fsp3) is 0.174. The summed E-state index contributed by atoms with van der Waals surface area (Å²) in [6.07, 6.45) is 1.55. The Kier molecular flexibility index (Phi) is 5.63. The van der Waals surface area contributed by atoms with Crippen LogP contribution in [0.1, 0.15) is 26.4 Å². The molecule has 2 aromatic carbocycles. The van der Waals surface area contributed by atoms with Crippen molar-refractivity contribution in [3.8, 4) is 5.75 Å². The molecule has 0 fully saturated rings. The van der Waals surface area contributed by atoms with Gasteiger partial charge in [-0.25, -0.2) is 4.98 Å². The second kappa shape index (κ2) is 8.51. The maximum absolute atomic E-state index is 13.0. The molecule has 7 heteroatoms. The van der Waals surface area contributed by atoms with E-state index in [-0.39, 0.29) is 11.5 Å². The number of thiophene rings is 1. The Labute approximate surface area is 177 Å². The average molecular weight is 420 g/mol. The summed E-state index contributed by atoms with van der Waals surface area (Å²) in [5.74, 6) is 0.559. The van der Waals surface area contributed by atoms with Gasteiger partial charge >= 0.3 is 0 Å². The number of carbonyl (C=O) groups is 1. The number of fused-ring (bicyclic) bond motifs is 1. The van der Waals surface area contributed by atoms with Crippen LogP contribution in [0.15, 0.2) is 65.7 Å². The predicted molar refractivity (Wildman–Crippen MR) is 118 cm³/mol. The Morgan fingerprint density at radius 3 is 2.53 bits per heavy atom. The molecule has 0 saturated carbocycles. The second-order valence-electron chi connectivity index (χ2n) is 6.93. The van der Waals surface area contributed by atoms with Crippen LogP contribution in [-0.4, -0.2) is 22.6 Å². The van der Waals surface area contributed by atoms with Crippen LogP contribution >= 0.6 is 11.3 Å². The molecule has 4 aromatic rings. The molecule has 4 rings (SSSR count). The number of aromatic nitrogens is 2. The van der Waals surface area contributed by atoms with Crippen LogP contribution in [0.25, 0.3) is 10.2 Å². The van der Waals surface area contributed by atoms with Crippen molar-refractivity contribution in [1.82, 2.24) is 14.9 Å². The summed E-state index contributed by atoms with van der Waals surface area (Å²) in [4.78, 5) is 31.3. The molecule has 0 aliphatic rings. The van der Waals surface area contributed by atoms with E-state index in [1.54, 1.807) is 24.9 Å². The molecule has 0 spiro atoms. The molecule has 0 unspecified atom stereocenters. The Balaban J connectivity index is 1.57. The lowest BCUT2D eigenvalue weighted by Gasteiger charge is -2.06. The number of aryl methyl sites for hydroxylation is 1. The number of ether oxygens (including phenoxy) is 1. The van der Waals surface area contributed by atoms with Crippen molar-refractivity contribution in [3.63, 3.8) is 0 Å². The summed E-state index contributed by atoms with van der Waals surface area (Å²) in [6, 6.07) is 17.3. The van der Waals surface area contributed by atoms with Gasteiger partial charge < -0.3 is 10.1 Å². The van der Waals surface area contributed by atoms with Gasteiger partial charge in [-0.05, 0) is 35.7 Å². The lowest BCUT2D eigenvalue weighted by atomic mass is 10.2. The summed E-state index contributed by atoms with van der Waals surface area (Å²) in [5.41, 5.74) is 2.52. The molecule has 0 bridgehead atoms. The number of carbonyl (C=O) groups excluding carboxylic acids is 1. The molecule has 2 aromatic heterocycles. The van der Waals surface area contributed by atoms with E-state index in [9.17, 15) is 9.59 Å². The van der Waals surface area contributed by atoms with Crippen LogP contribution in [0.5, 0.6) is 5.75 Å². The Morgan fingerprint density at radius 1 is 1.10 bits per heavy atom. The smallest absolute Gasteiger partial charge is 0.262 e. The largest absolute Gasteiger partial charge is 0.497 e. The van der Waals surface area contributed by atoms with Gasteiger partial charge in [0.15, 0.2) is 0 Å². The first-order valence-electron chi connectivity index (χ1n) is 9.50. The Hall–Kier alpha value is -3.45. The number of rotatable bonds is 6. The van der Waals surface area contributed by atoms with Crippen LogP contribution in [0, 0.1) is 6.92 Å². The number of amides is 1. The molecule has 0 atom stereocenters. The highest BCUT2D eigenvalue weighted by atomic mass is 32.1. The van der Waals surface area contributed by atoms with Gasteiger partial charge in [-0.1, -0.05) is 42.5 Å². The fourth-order valence-electron chi connectivity index (χ4n) is 3.27. The van der Waals surface area contributed by atoms with Crippen LogP contribution in [0.4, 0.5) is 0 Å². The van der Waals surface area contributed by atoms with E-state index in [4.69, 9.17) is 4.74 Å². The quantitative estimate of drug-likeness (QED) is 0.517. The van der Waals surface area contributed by atoms with Gasteiger partial charge in [-0.2, -0.15) is 0 Å². The van der Waals surface area contributed by atoms with Crippen molar-refractivity contribution < 1.29 is 9.53 Å². The molecule has 0 aliphatic carbocycles. The monoisotopic (exact) mass is 419 g/mol. The van der Waals surface area contributed by atoms with Crippen LogP contribution < -0.4 is 15.6 Å². The minimum atomic E-state index is -0.208. The summed E-state index contributed by atoms with van der Waals surface area (Å²) < 4.78 is 6.73. The number of hydrogen-bond acceptors (Lipinski definition) is 5. The first-order chi connectivity index (χ1) is 14.6. The number of hydrogen-bond donors (Lipinski definition) is 1. The molecular weight excluding hydrogens is 398 g/mol. The van der Waals surface area contributed by atoms with E-state index in [1.807, 2.05) is 54.6 Å². The fourth-order valence-corrected chi connectivity index (χ4v) is 4.33. The molecule has 0 aliphatic heterocycles. The Bertz CT molecular complexity index is 1240. The first-order valence-corrected chi connectivity index (χ1v) is 10.3. The van der Waals surface area contributed by atoms with Crippen molar-refractivity contribution in [2.45, 2.75) is 20.0 Å². The molecule has 6 nitrogen and oxygen atoms in total. The molecule has 0 radical (unpaired) electrons.